The predicted molar refractivity (Wildman–Crippen MR) is 126 cm³/mol. The SMILES string of the molecule is CC(C)NC(=O)N(CC(=O)N1CCCN(c2ccc(-c3ccc(F)cc3)nn2)CC1)C(C)C. The summed E-state index contributed by atoms with van der Waals surface area (Å²) in [6, 6.07) is 9.64. The molecule has 2 heterocycles. The Hall–Kier alpha value is -3.23. The van der Waals surface area contributed by atoms with Crippen molar-refractivity contribution in [3.05, 3.63) is 42.2 Å². The average molecular weight is 457 g/mol. The molecule has 0 unspecified atom stereocenters. The number of hydrogen-bond donors (Lipinski definition) is 1. The third-order valence-electron chi connectivity index (χ3n) is 5.57. The Labute approximate surface area is 194 Å². The monoisotopic (exact) mass is 456 g/mol. The molecule has 3 amide bonds. The van der Waals surface area contributed by atoms with Crippen LogP contribution in [0.1, 0.15) is 34.1 Å². The molecule has 0 atom stereocenters. The summed E-state index contributed by atoms with van der Waals surface area (Å²) in [6.45, 7) is 10.3. The first-order valence-electron chi connectivity index (χ1n) is 11.4. The number of aromatic nitrogens is 2. The van der Waals surface area contributed by atoms with Gasteiger partial charge in [-0.15, -0.1) is 10.2 Å². The molecule has 9 heteroatoms. The Balaban J connectivity index is 1.59. The summed E-state index contributed by atoms with van der Waals surface area (Å²) in [7, 11) is 0. The van der Waals surface area contributed by atoms with Gasteiger partial charge in [-0.25, -0.2) is 9.18 Å². The number of amides is 3. The van der Waals surface area contributed by atoms with Crippen LogP contribution in [-0.2, 0) is 4.79 Å². The van der Waals surface area contributed by atoms with Crippen molar-refractivity contribution in [3.8, 4) is 11.3 Å². The Morgan fingerprint density at radius 3 is 2.33 bits per heavy atom. The molecular formula is C24H33FN6O2. The van der Waals surface area contributed by atoms with E-state index in [4.69, 9.17) is 0 Å². The zero-order valence-electron chi connectivity index (χ0n) is 19.8. The molecule has 1 aliphatic heterocycles. The van der Waals surface area contributed by atoms with Gasteiger partial charge in [0.25, 0.3) is 0 Å². The summed E-state index contributed by atoms with van der Waals surface area (Å²) in [5.41, 5.74) is 1.48. The second-order valence-electron chi connectivity index (χ2n) is 8.83. The van der Waals surface area contributed by atoms with Crippen LogP contribution in [0.4, 0.5) is 15.0 Å². The number of urea groups is 1. The standard InChI is InChI=1S/C24H33FN6O2/c1-17(2)26-24(33)31(18(3)4)16-23(32)30-13-5-12-29(14-15-30)22-11-10-21(27-28-22)19-6-8-20(25)9-7-19/h6-11,17-18H,5,12-16H2,1-4H3,(H,26,33). The maximum Gasteiger partial charge on any atom is 0.318 e. The Bertz CT molecular complexity index is 933. The summed E-state index contributed by atoms with van der Waals surface area (Å²) < 4.78 is 13.1. The molecule has 1 aromatic heterocycles. The zero-order valence-corrected chi connectivity index (χ0v) is 19.8. The molecule has 0 aliphatic carbocycles. The minimum absolute atomic E-state index is 0.0103. The molecule has 33 heavy (non-hydrogen) atoms. The number of nitrogens with zero attached hydrogens (tertiary/aromatic N) is 5. The highest BCUT2D eigenvalue weighted by molar-refractivity contribution is 5.84. The molecule has 0 radical (unpaired) electrons. The van der Waals surface area contributed by atoms with Crippen LogP contribution in [-0.4, -0.2) is 76.7 Å². The highest BCUT2D eigenvalue weighted by Gasteiger charge is 2.25. The maximum atomic E-state index is 13.1. The number of rotatable bonds is 6. The highest BCUT2D eigenvalue weighted by Crippen LogP contribution is 2.20. The van der Waals surface area contributed by atoms with Crippen LogP contribution < -0.4 is 10.2 Å². The summed E-state index contributed by atoms with van der Waals surface area (Å²) in [5.74, 6) is 0.404. The first kappa shape index (κ1) is 24.4. The molecule has 8 nitrogen and oxygen atoms in total. The minimum atomic E-state index is -0.288. The van der Waals surface area contributed by atoms with Crippen molar-refractivity contribution in [2.24, 2.45) is 0 Å². The molecule has 1 aliphatic rings. The number of halogens is 1. The van der Waals surface area contributed by atoms with Gasteiger partial charge in [-0.05, 0) is 70.5 Å². The van der Waals surface area contributed by atoms with Gasteiger partial charge >= 0.3 is 6.03 Å². The van der Waals surface area contributed by atoms with Crippen LogP contribution in [0.3, 0.4) is 0 Å². The summed E-state index contributed by atoms with van der Waals surface area (Å²) in [5, 5.41) is 11.5. The van der Waals surface area contributed by atoms with E-state index in [9.17, 15) is 14.0 Å². The van der Waals surface area contributed by atoms with Crippen molar-refractivity contribution in [2.75, 3.05) is 37.6 Å². The van der Waals surface area contributed by atoms with Crippen molar-refractivity contribution in [3.63, 3.8) is 0 Å². The van der Waals surface area contributed by atoms with Crippen molar-refractivity contribution < 1.29 is 14.0 Å². The normalized spacial score (nSPS) is 14.4. The van der Waals surface area contributed by atoms with Gasteiger partial charge in [-0.3, -0.25) is 4.79 Å². The minimum Gasteiger partial charge on any atom is -0.353 e. The summed E-state index contributed by atoms with van der Waals surface area (Å²) >= 11 is 0. The van der Waals surface area contributed by atoms with Gasteiger partial charge in [0.15, 0.2) is 5.82 Å². The van der Waals surface area contributed by atoms with E-state index in [1.165, 1.54) is 12.1 Å². The van der Waals surface area contributed by atoms with E-state index in [-0.39, 0.29) is 36.4 Å². The first-order valence-corrected chi connectivity index (χ1v) is 11.4. The van der Waals surface area contributed by atoms with Gasteiger partial charge in [0.1, 0.15) is 12.4 Å². The molecule has 0 saturated carbocycles. The third kappa shape index (κ3) is 6.63. The Morgan fingerprint density at radius 2 is 1.73 bits per heavy atom. The van der Waals surface area contributed by atoms with Crippen LogP contribution in [0.15, 0.2) is 36.4 Å². The molecule has 3 rings (SSSR count). The molecular weight excluding hydrogens is 423 g/mol. The smallest absolute Gasteiger partial charge is 0.318 e. The third-order valence-corrected chi connectivity index (χ3v) is 5.57. The number of benzene rings is 1. The molecule has 1 N–H and O–H groups in total. The van der Waals surface area contributed by atoms with Crippen molar-refractivity contribution in [1.29, 1.82) is 0 Å². The van der Waals surface area contributed by atoms with E-state index in [1.807, 2.05) is 44.7 Å². The largest absolute Gasteiger partial charge is 0.353 e. The maximum absolute atomic E-state index is 13.1. The Kier molecular flexibility index (Phi) is 8.19. The zero-order chi connectivity index (χ0) is 24.0. The van der Waals surface area contributed by atoms with E-state index in [0.717, 1.165) is 24.3 Å². The van der Waals surface area contributed by atoms with Crippen LogP contribution in [0.2, 0.25) is 0 Å². The van der Waals surface area contributed by atoms with Crippen LogP contribution in [0.5, 0.6) is 0 Å². The van der Waals surface area contributed by atoms with E-state index in [0.29, 0.717) is 25.3 Å². The van der Waals surface area contributed by atoms with E-state index in [1.54, 1.807) is 17.0 Å². The number of carbonyl (C=O) groups is 2. The first-order chi connectivity index (χ1) is 15.7. The quantitative estimate of drug-likeness (QED) is 0.722. The van der Waals surface area contributed by atoms with Gasteiger partial charge in [-0.1, -0.05) is 0 Å². The molecule has 0 spiro atoms. The fourth-order valence-electron chi connectivity index (χ4n) is 3.73. The van der Waals surface area contributed by atoms with E-state index in [2.05, 4.69) is 20.4 Å². The second-order valence-corrected chi connectivity index (χ2v) is 8.83. The molecule has 0 bridgehead atoms. The van der Waals surface area contributed by atoms with E-state index < -0.39 is 0 Å². The van der Waals surface area contributed by atoms with Crippen LogP contribution in [0.25, 0.3) is 11.3 Å². The van der Waals surface area contributed by atoms with Crippen LogP contribution in [0, 0.1) is 5.82 Å². The number of carbonyl (C=O) groups excluding carboxylic acids is 2. The van der Waals surface area contributed by atoms with Crippen molar-refractivity contribution in [1.82, 2.24) is 25.3 Å². The molecule has 1 aromatic carbocycles. The van der Waals surface area contributed by atoms with Crippen LogP contribution >= 0.6 is 0 Å². The highest BCUT2D eigenvalue weighted by atomic mass is 19.1. The Morgan fingerprint density at radius 1 is 1.00 bits per heavy atom. The molecule has 1 fully saturated rings. The number of nitrogens with one attached hydrogen (secondary N) is 1. The van der Waals surface area contributed by atoms with Crippen molar-refractivity contribution >= 4 is 17.8 Å². The summed E-state index contributed by atoms with van der Waals surface area (Å²) in [4.78, 5) is 30.9. The number of anilines is 1. The molecule has 1 saturated heterocycles. The van der Waals surface area contributed by atoms with Gasteiger partial charge in [0.2, 0.25) is 5.91 Å². The van der Waals surface area contributed by atoms with Gasteiger partial charge < -0.3 is 20.0 Å². The fraction of sp³-hybridized carbons (Fsp3) is 0.500. The lowest BCUT2D eigenvalue weighted by molar-refractivity contribution is -0.131. The summed E-state index contributed by atoms with van der Waals surface area (Å²) in [6.07, 6.45) is 0.799. The van der Waals surface area contributed by atoms with E-state index >= 15 is 0 Å². The lowest BCUT2D eigenvalue weighted by atomic mass is 10.1. The molecule has 178 valence electrons. The molecule has 2 aromatic rings. The lowest BCUT2D eigenvalue weighted by Crippen LogP contribution is -2.51. The predicted octanol–water partition coefficient (Wildman–Crippen LogP) is 3.15. The fourth-order valence-corrected chi connectivity index (χ4v) is 3.73. The topological polar surface area (TPSA) is 81.7 Å². The lowest BCUT2D eigenvalue weighted by Gasteiger charge is -2.30. The average Bonchev–Trinajstić information content (AvgIpc) is 3.04. The van der Waals surface area contributed by atoms with Gasteiger partial charge in [0.05, 0.1) is 5.69 Å². The van der Waals surface area contributed by atoms with Gasteiger partial charge in [0, 0.05) is 43.8 Å². The second kappa shape index (κ2) is 11.1. The van der Waals surface area contributed by atoms with Gasteiger partial charge in [-0.2, -0.15) is 0 Å². The van der Waals surface area contributed by atoms with Crippen molar-refractivity contribution in [2.45, 2.75) is 46.2 Å². The number of hydrogen-bond acceptors (Lipinski definition) is 5.